The lowest BCUT2D eigenvalue weighted by atomic mass is 9.79. The SMILES string of the molecule is CC(C)C1CCCC(NC2CCOCC2)C1. The smallest absolute Gasteiger partial charge is 0.0480 e. The minimum atomic E-state index is 0.727. The highest BCUT2D eigenvalue weighted by molar-refractivity contribution is 4.83. The average Bonchev–Trinajstić information content (AvgIpc) is 2.30. The molecule has 0 radical (unpaired) electrons. The van der Waals surface area contributed by atoms with Crippen molar-refractivity contribution in [3.8, 4) is 0 Å². The van der Waals surface area contributed by atoms with Crippen molar-refractivity contribution in [3.05, 3.63) is 0 Å². The second kappa shape index (κ2) is 6.02. The van der Waals surface area contributed by atoms with Gasteiger partial charge in [0.15, 0.2) is 0 Å². The van der Waals surface area contributed by atoms with E-state index in [9.17, 15) is 0 Å². The van der Waals surface area contributed by atoms with E-state index in [0.717, 1.165) is 37.1 Å². The molecule has 0 aromatic heterocycles. The highest BCUT2D eigenvalue weighted by Crippen LogP contribution is 2.30. The Morgan fingerprint density at radius 3 is 2.44 bits per heavy atom. The number of ether oxygens (including phenoxy) is 1. The molecule has 1 N–H and O–H groups in total. The molecule has 0 spiro atoms. The van der Waals surface area contributed by atoms with Crippen molar-refractivity contribution in [3.63, 3.8) is 0 Å². The molecule has 2 heteroatoms. The van der Waals surface area contributed by atoms with Gasteiger partial charge in [-0.3, -0.25) is 0 Å². The molecule has 0 bridgehead atoms. The third kappa shape index (κ3) is 3.46. The average molecular weight is 225 g/mol. The van der Waals surface area contributed by atoms with Crippen molar-refractivity contribution >= 4 is 0 Å². The summed E-state index contributed by atoms with van der Waals surface area (Å²) >= 11 is 0. The molecular weight excluding hydrogens is 198 g/mol. The predicted molar refractivity (Wildman–Crippen MR) is 67.6 cm³/mol. The summed E-state index contributed by atoms with van der Waals surface area (Å²) in [5.41, 5.74) is 0. The molecule has 2 fully saturated rings. The first kappa shape index (κ1) is 12.4. The Balaban J connectivity index is 1.75. The van der Waals surface area contributed by atoms with Gasteiger partial charge in [-0.25, -0.2) is 0 Å². The maximum Gasteiger partial charge on any atom is 0.0480 e. The maximum atomic E-state index is 5.41. The van der Waals surface area contributed by atoms with Gasteiger partial charge in [0, 0.05) is 25.3 Å². The van der Waals surface area contributed by atoms with E-state index in [2.05, 4.69) is 19.2 Å². The monoisotopic (exact) mass is 225 g/mol. The fourth-order valence-corrected chi connectivity index (χ4v) is 3.18. The van der Waals surface area contributed by atoms with E-state index in [0.29, 0.717) is 0 Å². The number of hydrogen-bond donors (Lipinski definition) is 1. The topological polar surface area (TPSA) is 21.3 Å². The van der Waals surface area contributed by atoms with Crippen molar-refractivity contribution in [2.45, 2.75) is 64.5 Å². The lowest BCUT2D eigenvalue weighted by Gasteiger charge is -2.35. The summed E-state index contributed by atoms with van der Waals surface area (Å²) in [5, 5.41) is 3.86. The summed E-state index contributed by atoms with van der Waals surface area (Å²) in [6.45, 7) is 6.67. The zero-order valence-electron chi connectivity index (χ0n) is 10.9. The number of nitrogens with one attached hydrogen (secondary N) is 1. The summed E-state index contributed by atoms with van der Waals surface area (Å²) in [6.07, 6.45) is 8.08. The third-order valence-corrected chi connectivity index (χ3v) is 4.35. The Morgan fingerprint density at radius 1 is 1.00 bits per heavy atom. The summed E-state index contributed by atoms with van der Waals surface area (Å²) < 4.78 is 5.41. The lowest BCUT2D eigenvalue weighted by molar-refractivity contribution is 0.0708. The van der Waals surface area contributed by atoms with Gasteiger partial charge in [-0.15, -0.1) is 0 Å². The standard InChI is InChI=1S/C14H27NO/c1-11(2)12-4-3-5-14(10-12)15-13-6-8-16-9-7-13/h11-15H,3-10H2,1-2H3. The summed E-state index contributed by atoms with van der Waals surface area (Å²) in [7, 11) is 0. The molecule has 2 aliphatic rings. The van der Waals surface area contributed by atoms with Crippen LogP contribution in [0.5, 0.6) is 0 Å². The molecule has 1 aliphatic heterocycles. The quantitative estimate of drug-likeness (QED) is 0.797. The van der Waals surface area contributed by atoms with Crippen LogP contribution in [0.15, 0.2) is 0 Å². The Morgan fingerprint density at radius 2 is 1.75 bits per heavy atom. The van der Waals surface area contributed by atoms with Crippen LogP contribution in [0.25, 0.3) is 0 Å². The van der Waals surface area contributed by atoms with Crippen LogP contribution >= 0.6 is 0 Å². The van der Waals surface area contributed by atoms with E-state index in [4.69, 9.17) is 4.74 Å². The zero-order valence-corrected chi connectivity index (χ0v) is 10.9. The molecule has 1 aliphatic carbocycles. The normalized spacial score (nSPS) is 33.2. The number of rotatable bonds is 3. The Bertz CT molecular complexity index is 199. The van der Waals surface area contributed by atoms with Gasteiger partial charge in [-0.1, -0.05) is 26.7 Å². The summed E-state index contributed by atoms with van der Waals surface area (Å²) in [5.74, 6) is 1.81. The van der Waals surface area contributed by atoms with Gasteiger partial charge in [-0.2, -0.15) is 0 Å². The molecule has 2 rings (SSSR count). The molecule has 0 aromatic carbocycles. The van der Waals surface area contributed by atoms with Gasteiger partial charge >= 0.3 is 0 Å². The van der Waals surface area contributed by atoms with E-state index in [1.807, 2.05) is 0 Å². The van der Waals surface area contributed by atoms with Crippen LogP contribution in [0.4, 0.5) is 0 Å². The zero-order chi connectivity index (χ0) is 11.4. The van der Waals surface area contributed by atoms with E-state index in [1.165, 1.54) is 38.5 Å². The lowest BCUT2D eigenvalue weighted by Crippen LogP contribution is -2.44. The van der Waals surface area contributed by atoms with Gasteiger partial charge < -0.3 is 10.1 Å². The largest absolute Gasteiger partial charge is 0.381 e. The minimum absolute atomic E-state index is 0.727. The Kier molecular flexibility index (Phi) is 4.66. The van der Waals surface area contributed by atoms with Crippen molar-refractivity contribution in [2.24, 2.45) is 11.8 Å². The summed E-state index contributed by atoms with van der Waals surface area (Å²) in [4.78, 5) is 0. The van der Waals surface area contributed by atoms with Crippen LogP contribution in [-0.4, -0.2) is 25.3 Å². The van der Waals surface area contributed by atoms with Gasteiger partial charge in [-0.05, 0) is 37.5 Å². The number of hydrogen-bond acceptors (Lipinski definition) is 2. The highest BCUT2D eigenvalue weighted by atomic mass is 16.5. The minimum Gasteiger partial charge on any atom is -0.381 e. The maximum absolute atomic E-state index is 5.41. The molecule has 1 saturated carbocycles. The van der Waals surface area contributed by atoms with E-state index >= 15 is 0 Å². The van der Waals surface area contributed by atoms with Gasteiger partial charge in [0.05, 0.1) is 0 Å². The van der Waals surface area contributed by atoms with Crippen LogP contribution in [0.2, 0.25) is 0 Å². The van der Waals surface area contributed by atoms with Crippen molar-refractivity contribution in [1.82, 2.24) is 5.32 Å². The molecule has 1 saturated heterocycles. The van der Waals surface area contributed by atoms with Crippen LogP contribution in [0.3, 0.4) is 0 Å². The van der Waals surface area contributed by atoms with Crippen molar-refractivity contribution < 1.29 is 4.74 Å². The van der Waals surface area contributed by atoms with Crippen LogP contribution < -0.4 is 5.32 Å². The van der Waals surface area contributed by atoms with Gasteiger partial charge in [0.1, 0.15) is 0 Å². The van der Waals surface area contributed by atoms with Crippen LogP contribution in [0, 0.1) is 11.8 Å². The molecule has 0 aromatic rings. The first-order valence-corrected chi connectivity index (χ1v) is 7.09. The third-order valence-electron chi connectivity index (χ3n) is 4.35. The molecule has 16 heavy (non-hydrogen) atoms. The first-order chi connectivity index (χ1) is 7.75. The van der Waals surface area contributed by atoms with E-state index in [-0.39, 0.29) is 0 Å². The molecule has 2 atom stereocenters. The predicted octanol–water partition coefficient (Wildman–Crippen LogP) is 2.97. The fourth-order valence-electron chi connectivity index (χ4n) is 3.18. The van der Waals surface area contributed by atoms with Crippen LogP contribution in [0.1, 0.15) is 52.4 Å². The summed E-state index contributed by atoms with van der Waals surface area (Å²) in [6, 6.07) is 1.51. The molecular formula is C14H27NO. The van der Waals surface area contributed by atoms with Crippen molar-refractivity contribution in [1.29, 1.82) is 0 Å². The van der Waals surface area contributed by atoms with E-state index in [1.54, 1.807) is 0 Å². The second-order valence-electron chi connectivity index (χ2n) is 5.92. The van der Waals surface area contributed by atoms with Crippen LogP contribution in [-0.2, 0) is 4.74 Å². The fraction of sp³-hybridized carbons (Fsp3) is 1.00. The van der Waals surface area contributed by atoms with Gasteiger partial charge in [0.2, 0.25) is 0 Å². The first-order valence-electron chi connectivity index (χ1n) is 7.09. The molecule has 2 nitrogen and oxygen atoms in total. The Labute approximate surface area is 100 Å². The molecule has 1 heterocycles. The van der Waals surface area contributed by atoms with Crippen molar-refractivity contribution in [2.75, 3.05) is 13.2 Å². The van der Waals surface area contributed by atoms with Gasteiger partial charge in [0.25, 0.3) is 0 Å². The Hall–Kier alpha value is -0.0800. The molecule has 94 valence electrons. The van der Waals surface area contributed by atoms with E-state index < -0.39 is 0 Å². The molecule has 2 unspecified atom stereocenters. The highest BCUT2D eigenvalue weighted by Gasteiger charge is 2.26. The molecule has 0 amide bonds. The second-order valence-corrected chi connectivity index (χ2v) is 5.92.